The maximum Gasteiger partial charge on any atom is 0.332 e. The summed E-state index contributed by atoms with van der Waals surface area (Å²) in [6.07, 6.45) is 6.17. The standard InChI is InChI=1S/C11H18O3/c1-11(2,3)14-10(12)8-13-9-6-4-5-7-9/h4,6,9H,5,7-8H2,1-3H3/t9-/m1/s1. The molecule has 0 heterocycles. The Morgan fingerprint density at radius 1 is 1.50 bits per heavy atom. The first-order valence-electron chi connectivity index (χ1n) is 4.97. The van der Waals surface area contributed by atoms with E-state index < -0.39 is 5.60 Å². The van der Waals surface area contributed by atoms with Crippen LogP contribution in [0.4, 0.5) is 0 Å². The highest BCUT2D eigenvalue weighted by atomic mass is 16.6. The van der Waals surface area contributed by atoms with E-state index in [1.165, 1.54) is 0 Å². The molecule has 0 aromatic rings. The minimum atomic E-state index is -0.425. The molecule has 0 unspecified atom stereocenters. The summed E-state index contributed by atoms with van der Waals surface area (Å²) in [5.41, 5.74) is -0.425. The predicted molar refractivity (Wildman–Crippen MR) is 54.0 cm³/mol. The summed E-state index contributed by atoms with van der Waals surface area (Å²) in [7, 11) is 0. The monoisotopic (exact) mass is 198 g/mol. The molecule has 1 aliphatic carbocycles. The molecule has 14 heavy (non-hydrogen) atoms. The fourth-order valence-corrected chi connectivity index (χ4v) is 1.29. The molecule has 0 N–H and O–H groups in total. The number of carbonyl (C=O) groups excluding carboxylic acids is 1. The lowest BCUT2D eigenvalue weighted by Gasteiger charge is -2.20. The highest BCUT2D eigenvalue weighted by molar-refractivity contribution is 5.71. The van der Waals surface area contributed by atoms with Gasteiger partial charge in [0.25, 0.3) is 0 Å². The molecule has 3 nitrogen and oxygen atoms in total. The molecule has 0 amide bonds. The zero-order valence-corrected chi connectivity index (χ0v) is 9.08. The van der Waals surface area contributed by atoms with Crippen LogP contribution in [0.5, 0.6) is 0 Å². The van der Waals surface area contributed by atoms with Crippen molar-refractivity contribution in [2.24, 2.45) is 0 Å². The molecule has 0 spiro atoms. The number of allylic oxidation sites excluding steroid dienone is 1. The lowest BCUT2D eigenvalue weighted by Crippen LogP contribution is -2.27. The molecule has 0 fully saturated rings. The Morgan fingerprint density at radius 3 is 2.71 bits per heavy atom. The minimum absolute atomic E-state index is 0.0479. The van der Waals surface area contributed by atoms with Gasteiger partial charge in [0.05, 0.1) is 6.10 Å². The summed E-state index contributed by atoms with van der Waals surface area (Å²) in [6.45, 7) is 5.59. The first-order chi connectivity index (χ1) is 6.47. The molecular formula is C11H18O3. The Morgan fingerprint density at radius 2 is 2.21 bits per heavy atom. The Labute approximate surface area is 85.1 Å². The summed E-state index contributed by atoms with van der Waals surface area (Å²) in [6, 6.07) is 0. The zero-order valence-electron chi connectivity index (χ0n) is 9.08. The fraction of sp³-hybridized carbons (Fsp3) is 0.727. The molecule has 0 saturated carbocycles. The van der Waals surface area contributed by atoms with Crippen molar-refractivity contribution < 1.29 is 14.3 Å². The number of hydrogen-bond acceptors (Lipinski definition) is 3. The molecule has 0 saturated heterocycles. The van der Waals surface area contributed by atoms with Gasteiger partial charge in [-0.1, -0.05) is 12.2 Å². The summed E-state index contributed by atoms with van der Waals surface area (Å²) >= 11 is 0. The van der Waals surface area contributed by atoms with Gasteiger partial charge in [0, 0.05) is 0 Å². The van der Waals surface area contributed by atoms with Crippen LogP contribution < -0.4 is 0 Å². The van der Waals surface area contributed by atoms with E-state index in [0.29, 0.717) is 0 Å². The van der Waals surface area contributed by atoms with E-state index in [2.05, 4.69) is 6.08 Å². The number of esters is 1. The third-order valence-corrected chi connectivity index (χ3v) is 1.80. The van der Waals surface area contributed by atoms with Crippen molar-refractivity contribution >= 4 is 5.97 Å². The maximum atomic E-state index is 11.2. The van der Waals surface area contributed by atoms with Crippen molar-refractivity contribution in [1.29, 1.82) is 0 Å². The Hall–Kier alpha value is -0.830. The SMILES string of the molecule is CC(C)(C)OC(=O)CO[C@@H]1C=CCC1. The quantitative estimate of drug-likeness (QED) is 0.514. The van der Waals surface area contributed by atoms with Gasteiger partial charge in [-0.25, -0.2) is 4.79 Å². The van der Waals surface area contributed by atoms with Crippen molar-refractivity contribution in [3.63, 3.8) is 0 Å². The van der Waals surface area contributed by atoms with E-state index >= 15 is 0 Å². The summed E-state index contributed by atoms with van der Waals surface area (Å²) in [5, 5.41) is 0. The van der Waals surface area contributed by atoms with Crippen LogP contribution in [-0.4, -0.2) is 24.3 Å². The van der Waals surface area contributed by atoms with Gasteiger partial charge < -0.3 is 9.47 Å². The van der Waals surface area contributed by atoms with Crippen LogP contribution in [0.15, 0.2) is 12.2 Å². The van der Waals surface area contributed by atoms with E-state index in [-0.39, 0.29) is 18.7 Å². The van der Waals surface area contributed by atoms with E-state index in [1.54, 1.807) is 0 Å². The second-order valence-corrected chi connectivity index (χ2v) is 4.44. The van der Waals surface area contributed by atoms with Gasteiger partial charge in [0.2, 0.25) is 0 Å². The molecule has 0 radical (unpaired) electrons. The molecule has 1 rings (SSSR count). The summed E-state index contributed by atoms with van der Waals surface area (Å²) in [5.74, 6) is -0.294. The summed E-state index contributed by atoms with van der Waals surface area (Å²) < 4.78 is 10.5. The maximum absolute atomic E-state index is 11.2. The van der Waals surface area contributed by atoms with Crippen LogP contribution in [0.2, 0.25) is 0 Å². The van der Waals surface area contributed by atoms with Crippen LogP contribution >= 0.6 is 0 Å². The molecule has 0 aromatic carbocycles. The molecule has 0 aromatic heterocycles. The molecule has 0 aliphatic heterocycles. The smallest absolute Gasteiger partial charge is 0.332 e. The average Bonchev–Trinajstić information content (AvgIpc) is 2.49. The van der Waals surface area contributed by atoms with Gasteiger partial charge in [0.1, 0.15) is 12.2 Å². The van der Waals surface area contributed by atoms with Crippen LogP contribution in [0.25, 0.3) is 0 Å². The highest BCUT2D eigenvalue weighted by Gasteiger charge is 2.18. The Balaban J connectivity index is 2.18. The lowest BCUT2D eigenvalue weighted by atomic mass is 10.2. The third-order valence-electron chi connectivity index (χ3n) is 1.80. The largest absolute Gasteiger partial charge is 0.458 e. The molecular weight excluding hydrogens is 180 g/mol. The normalized spacial score (nSPS) is 21.2. The van der Waals surface area contributed by atoms with Crippen molar-refractivity contribution in [3.8, 4) is 0 Å². The van der Waals surface area contributed by atoms with Gasteiger partial charge in [-0.05, 0) is 33.6 Å². The lowest BCUT2D eigenvalue weighted by molar-refractivity contribution is -0.161. The van der Waals surface area contributed by atoms with Crippen molar-refractivity contribution in [2.75, 3.05) is 6.61 Å². The number of carbonyl (C=O) groups is 1. The van der Waals surface area contributed by atoms with Gasteiger partial charge in [-0.15, -0.1) is 0 Å². The first-order valence-corrected chi connectivity index (χ1v) is 4.97. The third kappa shape index (κ3) is 4.42. The fourth-order valence-electron chi connectivity index (χ4n) is 1.29. The number of rotatable bonds is 3. The molecule has 1 aliphatic rings. The number of hydrogen-bond donors (Lipinski definition) is 0. The van der Waals surface area contributed by atoms with Crippen LogP contribution in [0.1, 0.15) is 33.6 Å². The molecule has 1 atom stereocenters. The molecule has 0 bridgehead atoms. The predicted octanol–water partition coefficient (Wildman–Crippen LogP) is 2.06. The molecule has 80 valence electrons. The summed E-state index contributed by atoms with van der Waals surface area (Å²) in [4.78, 5) is 11.2. The van der Waals surface area contributed by atoms with Crippen LogP contribution in [-0.2, 0) is 14.3 Å². The van der Waals surface area contributed by atoms with E-state index in [0.717, 1.165) is 12.8 Å². The van der Waals surface area contributed by atoms with Crippen LogP contribution in [0, 0.1) is 0 Å². The van der Waals surface area contributed by atoms with E-state index in [1.807, 2.05) is 26.8 Å². The van der Waals surface area contributed by atoms with Gasteiger partial charge >= 0.3 is 5.97 Å². The van der Waals surface area contributed by atoms with Crippen molar-refractivity contribution in [1.82, 2.24) is 0 Å². The highest BCUT2D eigenvalue weighted by Crippen LogP contribution is 2.13. The zero-order chi connectivity index (χ0) is 10.6. The second kappa shape index (κ2) is 4.60. The average molecular weight is 198 g/mol. The second-order valence-electron chi connectivity index (χ2n) is 4.44. The minimum Gasteiger partial charge on any atom is -0.458 e. The van der Waals surface area contributed by atoms with Gasteiger partial charge in [0.15, 0.2) is 0 Å². The topological polar surface area (TPSA) is 35.5 Å². The van der Waals surface area contributed by atoms with E-state index in [4.69, 9.17) is 9.47 Å². The van der Waals surface area contributed by atoms with Crippen LogP contribution in [0.3, 0.4) is 0 Å². The number of ether oxygens (including phenoxy) is 2. The van der Waals surface area contributed by atoms with Crippen molar-refractivity contribution in [2.45, 2.75) is 45.3 Å². The Bertz CT molecular complexity index is 225. The van der Waals surface area contributed by atoms with E-state index in [9.17, 15) is 4.79 Å². The Kier molecular flexibility index (Phi) is 3.69. The first kappa shape index (κ1) is 11.2. The molecule has 3 heteroatoms. The van der Waals surface area contributed by atoms with Crippen molar-refractivity contribution in [3.05, 3.63) is 12.2 Å². The van der Waals surface area contributed by atoms with Gasteiger partial charge in [-0.3, -0.25) is 0 Å². The van der Waals surface area contributed by atoms with Gasteiger partial charge in [-0.2, -0.15) is 0 Å².